The van der Waals surface area contributed by atoms with Crippen LogP contribution < -0.4 is 5.32 Å². The second kappa shape index (κ2) is 11.8. The molecule has 0 aromatic rings. The Morgan fingerprint density at radius 2 is 1.53 bits per heavy atom. The van der Waals surface area contributed by atoms with Crippen molar-refractivity contribution in [2.75, 3.05) is 32.8 Å². The van der Waals surface area contributed by atoms with Gasteiger partial charge in [0.1, 0.15) is 6.04 Å². The maximum atomic E-state index is 13.7. The topological polar surface area (TPSA) is 96.0 Å². The number of carbonyl (C=O) groups is 4. The van der Waals surface area contributed by atoms with Gasteiger partial charge in [0.25, 0.3) is 0 Å². The van der Waals surface area contributed by atoms with Crippen LogP contribution in [-0.4, -0.2) is 90.3 Å². The lowest BCUT2D eigenvalue weighted by atomic mass is 9.90. The zero-order chi connectivity index (χ0) is 27.4. The molecule has 2 heterocycles. The van der Waals surface area contributed by atoms with Crippen molar-refractivity contribution < 1.29 is 45.9 Å². The van der Waals surface area contributed by atoms with Crippen molar-refractivity contribution in [3.63, 3.8) is 0 Å². The van der Waals surface area contributed by atoms with Crippen molar-refractivity contribution >= 4 is 23.5 Å². The van der Waals surface area contributed by atoms with Gasteiger partial charge in [-0.2, -0.15) is 22.0 Å². The fraction of sp³-hybridized carbons (Fsp3) is 0.826. The van der Waals surface area contributed by atoms with Crippen LogP contribution in [0.3, 0.4) is 0 Å². The molecule has 0 saturated carbocycles. The standard InChI is InChI=1S/C23H34F5N3O5/c1-13(2)15(12-17(32)30-8-10-36-11-9-30)21(35)31-7-5-6-16(31)20(34)29-18(14(3)4)19(33)22(24,25)23(26,27)28/h13-16,18H,5-12H2,1-4H3,(H,29,34)/t15-,16+,18?/m1/s1. The molecular weight excluding hydrogens is 493 g/mol. The smallest absolute Gasteiger partial charge is 0.378 e. The molecule has 0 aliphatic carbocycles. The summed E-state index contributed by atoms with van der Waals surface area (Å²) in [6, 6.07) is -3.25. The molecule has 0 aromatic heterocycles. The number of ether oxygens (including phenoxy) is 1. The predicted octanol–water partition coefficient (Wildman–Crippen LogP) is 2.41. The van der Waals surface area contributed by atoms with E-state index >= 15 is 0 Å². The highest BCUT2D eigenvalue weighted by molar-refractivity contribution is 5.97. The number of likely N-dealkylation sites (tertiary alicyclic amines) is 1. The predicted molar refractivity (Wildman–Crippen MR) is 118 cm³/mol. The lowest BCUT2D eigenvalue weighted by Gasteiger charge is -2.33. The van der Waals surface area contributed by atoms with Crippen LogP contribution in [0.15, 0.2) is 0 Å². The Hall–Kier alpha value is -2.31. The van der Waals surface area contributed by atoms with Crippen LogP contribution in [-0.2, 0) is 23.9 Å². The third-order valence-corrected chi connectivity index (χ3v) is 6.63. The average Bonchev–Trinajstić information content (AvgIpc) is 3.29. The third kappa shape index (κ3) is 6.71. The van der Waals surface area contributed by atoms with Crippen molar-refractivity contribution in [3.05, 3.63) is 0 Å². The molecule has 206 valence electrons. The first-order valence-corrected chi connectivity index (χ1v) is 12.0. The van der Waals surface area contributed by atoms with E-state index in [1.165, 1.54) is 18.7 Å². The molecule has 36 heavy (non-hydrogen) atoms. The molecule has 2 rings (SSSR count). The summed E-state index contributed by atoms with van der Waals surface area (Å²) in [4.78, 5) is 54.0. The summed E-state index contributed by atoms with van der Waals surface area (Å²) in [7, 11) is 0. The molecule has 0 radical (unpaired) electrons. The Kier molecular flexibility index (Phi) is 9.83. The Labute approximate surface area is 206 Å². The van der Waals surface area contributed by atoms with Crippen LogP contribution in [0.1, 0.15) is 47.0 Å². The Morgan fingerprint density at radius 1 is 0.944 bits per heavy atom. The number of amides is 3. The van der Waals surface area contributed by atoms with Gasteiger partial charge >= 0.3 is 12.1 Å². The second-order valence-corrected chi connectivity index (χ2v) is 9.90. The number of hydrogen-bond donors (Lipinski definition) is 1. The minimum absolute atomic E-state index is 0.0910. The summed E-state index contributed by atoms with van der Waals surface area (Å²) in [6.07, 6.45) is -5.65. The highest BCUT2D eigenvalue weighted by Crippen LogP contribution is 2.37. The largest absolute Gasteiger partial charge is 0.461 e. The maximum absolute atomic E-state index is 13.7. The number of nitrogens with one attached hydrogen (secondary N) is 1. The van der Waals surface area contributed by atoms with Crippen LogP contribution in [0.25, 0.3) is 0 Å². The van der Waals surface area contributed by atoms with E-state index in [1.807, 2.05) is 5.32 Å². The third-order valence-electron chi connectivity index (χ3n) is 6.63. The number of Topliss-reactive ketones (excluding diaryl/α,β-unsaturated/α-hetero) is 1. The van der Waals surface area contributed by atoms with Gasteiger partial charge < -0.3 is 19.9 Å². The normalized spacial score (nSPS) is 21.0. The highest BCUT2D eigenvalue weighted by Gasteiger charge is 2.64. The summed E-state index contributed by atoms with van der Waals surface area (Å²) in [6.45, 7) is 7.73. The first kappa shape index (κ1) is 29.9. The van der Waals surface area contributed by atoms with Crippen molar-refractivity contribution in [2.24, 2.45) is 17.8 Å². The molecule has 2 fully saturated rings. The van der Waals surface area contributed by atoms with E-state index in [4.69, 9.17) is 4.74 Å². The van der Waals surface area contributed by atoms with E-state index < -0.39 is 53.6 Å². The zero-order valence-electron chi connectivity index (χ0n) is 20.9. The Balaban J connectivity index is 2.16. The molecule has 1 N–H and O–H groups in total. The summed E-state index contributed by atoms with van der Waals surface area (Å²) in [5, 5.41) is 2.03. The van der Waals surface area contributed by atoms with Gasteiger partial charge in [-0.15, -0.1) is 0 Å². The number of halogens is 5. The SMILES string of the molecule is CC(C)C(NC(=O)[C@@H]1CCCN1C(=O)[C@H](CC(=O)N1CCOCC1)C(C)C)C(=O)C(F)(F)C(F)(F)F. The summed E-state index contributed by atoms with van der Waals surface area (Å²) >= 11 is 0. The van der Waals surface area contributed by atoms with Gasteiger partial charge in [0.15, 0.2) is 0 Å². The minimum Gasteiger partial charge on any atom is -0.378 e. The molecular formula is C23H34F5N3O5. The first-order valence-electron chi connectivity index (χ1n) is 12.0. The van der Waals surface area contributed by atoms with Crippen molar-refractivity contribution in [3.8, 4) is 0 Å². The molecule has 2 aliphatic rings. The molecule has 1 unspecified atom stereocenters. The quantitative estimate of drug-likeness (QED) is 0.465. The fourth-order valence-corrected chi connectivity index (χ4v) is 4.37. The molecule has 2 aliphatic heterocycles. The lowest BCUT2D eigenvalue weighted by molar-refractivity contribution is -0.270. The number of hydrogen-bond acceptors (Lipinski definition) is 5. The zero-order valence-corrected chi connectivity index (χ0v) is 20.9. The number of nitrogens with zero attached hydrogens (tertiary/aromatic N) is 2. The van der Waals surface area contributed by atoms with Gasteiger partial charge in [0.05, 0.1) is 19.3 Å². The van der Waals surface area contributed by atoms with E-state index in [9.17, 15) is 41.1 Å². The molecule has 3 atom stereocenters. The van der Waals surface area contributed by atoms with Crippen LogP contribution in [0.4, 0.5) is 22.0 Å². The Bertz CT molecular complexity index is 827. The van der Waals surface area contributed by atoms with Crippen molar-refractivity contribution in [1.29, 1.82) is 0 Å². The van der Waals surface area contributed by atoms with E-state index in [1.54, 1.807) is 18.7 Å². The van der Waals surface area contributed by atoms with Gasteiger partial charge in [-0.3, -0.25) is 19.2 Å². The van der Waals surface area contributed by atoms with E-state index in [-0.39, 0.29) is 31.2 Å². The summed E-state index contributed by atoms with van der Waals surface area (Å²) < 4.78 is 70.9. The minimum atomic E-state index is -6.10. The van der Waals surface area contributed by atoms with E-state index in [0.717, 1.165) is 0 Å². The second-order valence-electron chi connectivity index (χ2n) is 9.90. The number of rotatable bonds is 9. The molecule has 0 bridgehead atoms. The number of morpholine rings is 1. The molecule has 3 amide bonds. The van der Waals surface area contributed by atoms with Crippen LogP contribution in [0.2, 0.25) is 0 Å². The van der Waals surface area contributed by atoms with E-state index in [0.29, 0.717) is 32.7 Å². The summed E-state index contributed by atoms with van der Waals surface area (Å²) in [5.74, 6) is -11.9. The molecule has 2 saturated heterocycles. The average molecular weight is 528 g/mol. The van der Waals surface area contributed by atoms with E-state index in [2.05, 4.69) is 0 Å². The van der Waals surface area contributed by atoms with Gasteiger partial charge in [-0.25, -0.2) is 0 Å². The Morgan fingerprint density at radius 3 is 2.03 bits per heavy atom. The van der Waals surface area contributed by atoms with Gasteiger partial charge in [-0.05, 0) is 24.7 Å². The van der Waals surface area contributed by atoms with Crippen molar-refractivity contribution in [2.45, 2.75) is 71.1 Å². The van der Waals surface area contributed by atoms with Crippen LogP contribution in [0, 0.1) is 17.8 Å². The first-order chi connectivity index (χ1) is 16.6. The number of carbonyl (C=O) groups excluding carboxylic acids is 4. The maximum Gasteiger partial charge on any atom is 0.461 e. The lowest BCUT2D eigenvalue weighted by Crippen LogP contribution is -2.59. The number of alkyl halides is 5. The molecule has 8 nitrogen and oxygen atoms in total. The molecule has 13 heteroatoms. The van der Waals surface area contributed by atoms with Crippen LogP contribution in [0.5, 0.6) is 0 Å². The summed E-state index contributed by atoms with van der Waals surface area (Å²) in [5.41, 5.74) is 0. The molecule has 0 spiro atoms. The monoisotopic (exact) mass is 527 g/mol. The molecule has 0 aromatic carbocycles. The van der Waals surface area contributed by atoms with Gasteiger partial charge in [-0.1, -0.05) is 27.7 Å². The number of ketones is 1. The van der Waals surface area contributed by atoms with Crippen LogP contribution >= 0.6 is 0 Å². The van der Waals surface area contributed by atoms with Gasteiger partial charge in [0, 0.05) is 32.0 Å². The fourth-order valence-electron chi connectivity index (χ4n) is 4.37. The van der Waals surface area contributed by atoms with Crippen molar-refractivity contribution in [1.82, 2.24) is 15.1 Å². The highest BCUT2D eigenvalue weighted by atomic mass is 19.4. The van der Waals surface area contributed by atoms with Gasteiger partial charge in [0.2, 0.25) is 23.5 Å².